The van der Waals surface area contributed by atoms with Crippen LogP contribution in [-0.2, 0) is 4.74 Å². The van der Waals surface area contributed by atoms with Gasteiger partial charge < -0.3 is 14.6 Å². The van der Waals surface area contributed by atoms with E-state index in [4.69, 9.17) is 4.74 Å². The molecule has 1 heterocycles. The lowest BCUT2D eigenvalue weighted by atomic mass is 10.2. The summed E-state index contributed by atoms with van der Waals surface area (Å²) >= 11 is 0. The molecule has 1 saturated heterocycles. The Balaban J connectivity index is 2.51. The largest absolute Gasteiger partial charge is 0.633 e. The standard InChI is InChI=1S/C7H15NO2/c1-6-4-8(3,9)5-7(2)10-6/h6-7H,4-5H2,1-3H3. The van der Waals surface area contributed by atoms with E-state index in [0.29, 0.717) is 13.1 Å². The quantitative estimate of drug-likeness (QED) is 0.372. The first-order valence-corrected chi connectivity index (χ1v) is 3.70. The zero-order valence-electron chi connectivity index (χ0n) is 6.83. The maximum Gasteiger partial charge on any atom is 0.105 e. The molecule has 3 nitrogen and oxygen atoms in total. The van der Waals surface area contributed by atoms with E-state index in [2.05, 4.69) is 0 Å². The van der Waals surface area contributed by atoms with Gasteiger partial charge in [-0.15, -0.1) is 0 Å². The predicted octanol–water partition coefficient (Wildman–Crippen LogP) is 0.738. The average molecular weight is 145 g/mol. The minimum atomic E-state index is -0.150. The third-order valence-electron chi connectivity index (χ3n) is 1.75. The van der Waals surface area contributed by atoms with Crippen LogP contribution in [0.15, 0.2) is 0 Å². The van der Waals surface area contributed by atoms with Crippen molar-refractivity contribution in [3.05, 3.63) is 5.21 Å². The summed E-state index contributed by atoms with van der Waals surface area (Å²) < 4.78 is 5.26. The molecule has 0 radical (unpaired) electrons. The maximum atomic E-state index is 11.4. The van der Waals surface area contributed by atoms with Crippen molar-refractivity contribution in [2.75, 3.05) is 20.1 Å². The molecule has 0 aliphatic carbocycles. The summed E-state index contributed by atoms with van der Waals surface area (Å²) in [6.45, 7) is 5.07. The van der Waals surface area contributed by atoms with Crippen molar-refractivity contribution in [2.45, 2.75) is 26.1 Å². The molecule has 0 bridgehead atoms. The zero-order valence-corrected chi connectivity index (χ0v) is 6.83. The van der Waals surface area contributed by atoms with Crippen LogP contribution in [0.1, 0.15) is 13.8 Å². The van der Waals surface area contributed by atoms with Crippen molar-refractivity contribution in [3.63, 3.8) is 0 Å². The van der Waals surface area contributed by atoms with E-state index in [1.165, 1.54) is 0 Å². The number of likely N-dealkylation sites (N-methyl/N-ethyl adjacent to an activating group) is 1. The summed E-state index contributed by atoms with van der Waals surface area (Å²) in [6.07, 6.45) is 0.234. The average Bonchev–Trinajstić information content (AvgIpc) is 1.54. The molecule has 0 spiro atoms. The molecular formula is C7H15NO2. The number of rotatable bonds is 0. The lowest BCUT2D eigenvalue weighted by Crippen LogP contribution is -2.53. The van der Waals surface area contributed by atoms with E-state index < -0.39 is 0 Å². The third kappa shape index (κ3) is 1.94. The topological polar surface area (TPSA) is 32.3 Å². The summed E-state index contributed by atoms with van der Waals surface area (Å²) in [6, 6.07) is 0. The highest BCUT2D eigenvalue weighted by molar-refractivity contribution is 4.62. The van der Waals surface area contributed by atoms with Gasteiger partial charge in [-0.1, -0.05) is 0 Å². The van der Waals surface area contributed by atoms with Gasteiger partial charge in [0.15, 0.2) is 0 Å². The van der Waals surface area contributed by atoms with Crippen molar-refractivity contribution >= 4 is 0 Å². The summed E-state index contributed by atoms with van der Waals surface area (Å²) in [5.74, 6) is 0. The lowest BCUT2D eigenvalue weighted by Gasteiger charge is -2.46. The monoisotopic (exact) mass is 145 g/mol. The Bertz CT molecular complexity index is 113. The van der Waals surface area contributed by atoms with Crippen LogP contribution in [0.5, 0.6) is 0 Å². The van der Waals surface area contributed by atoms with Crippen molar-refractivity contribution in [3.8, 4) is 0 Å². The van der Waals surface area contributed by atoms with E-state index in [-0.39, 0.29) is 16.9 Å². The van der Waals surface area contributed by atoms with Crippen LogP contribution in [0.4, 0.5) is 0 Å². The Morgan fingerprint density at radius 2 is 1.70 bits per heavy atom. The molecule has 0 aromatic heterocycles. The summed E-state index contributed by atoms with van der Waals surface area (Å²) in [5.41, 5.74) is 0. The van der Waals surface area contributed by atoms with Gasteiger partial charge in [0.05, 0.1) is 7.05 Å². The minimum absolute atomic E-state index is 0.117. The second-order valence-electron chi connectivity index (χ2n) is 3.42. The minimum Gasteiger partial charge on any atom is -0.633 e. The van der Waals surface area contributed by atoms with Crippen LogP contribution in [0.3, 0.4) is 0 Å². The molecule has 0 saturated carbocycles. The first-order chi connectivity index (χ1) is 4.49. The Labute approximate surface area is 61.8 Å². The number of hydroxylamine groups is 3. The van der Waals surface area contributed by atoms with Crippen molar-refractivity contribution < 1.29 is 9.38 Å². The van der Waals surface area contributed by atoms with Gasteiger partial charge in [0, 0.05) is 0 Å². The molecule has 1 aliphatic heterocycles. The van der Waals surface area contributed by atoms with Gasteiger partial charge in [-0.3, -0.25) is 0 Å². The molecule has 0 aromatic carbocycles. The fourth-order valence-corrected chi connectivity index (χ4v) is 1.64. The molecule has 60 valence electrons. The van der Waals surface area contributed by atoms with Crippen LogP contribution in [-0.4, -0.2) is 37.0 Å². The molecule has 0 N–H and O–H groups in total. The van der Waals surface area contributed by atoms with E-state index in [0.717, 1.165) is 0 Å². The molecule has 10 heavy (non-hydrogen) atoms. The summed E-state index contributed by atoms with van der Waals surface area (Å²) in [7, 11) is 1.70. The molecule has 1 aliphatic rings. The normalized spacial score (nSPS) is 49.2. The van der Waals surface area contributed by atoms with Gasteiger partial charge in [-0.05, 0) is 13.8 Å². The Hall–Kier alpha value is -0.120. The van der Waals surface area contributed by atoms with E-state index in [1.807, 2.05) is 13.8 Å². The molecule has 3 heteroatoms. The first kappa shape index (κ1) is 7.98. The number of hydrogen-bond donors (Lipinski definition) is 0. The molecule has 2 unspecified atom stereocenters. The van der Waals surface area contributed by atoms with E-state index in [1.54, 1.807) is 7.05 Å². The van der Waals surface area contributed by atoms with Crippen LogP contribution >= 0.6 is 0 Å². The van der Waals surface area contributed by atoms with Crippen molar-refractivity contribution in [1.29, 1.82) is 0 Å². The Kier molecular flexibility index (Phi) is 1.99. The second kappa shape index (κ2) is 2.49. The lowest BCUT2D eigenvalue weighted by molar-refractivity contribution is -0.876. The van der Waals surface area contributed by atoms with Crippen LogP contribution in [0.2, 0.25) is 0 Å². The van der Waals surface area contributed by atoms with Crippen LogP contribution in [0, 0.1) is 5.21 Å². The molecular weight excluding hydrogens is 130 g/mol. The van der Waals surface area contributed by atoms with Gasteiger partial charge in [-0.2, -0.15) is 0 Å². The molecule has 1 fully saturated rings. The van der Waals surface area contributed by atoms with Crippen LogP contribution < -0.4 is 0 Å². The third-order valence-corrected chi connectivity index (χ3v) is 1.75. The highest BCUT2D eigenvalue weighted by Crippen LogP contribution is 2.14. The molecule has 0 aromatic rings. The van der Waals surface area contributed by atoms with Gasteiger partial charge in [0.1, 0.15) is 25.3 Å². The fourth-order valence-electron chi connectivity index (χ4n) is 1.64. The first-order valence-electron chi connectivity index (χ1n) is 3.70. The van der Waals surface area contributed by atoms with Crippen LogP contribution in [0.25, 0.3) is 0 Å². The maximum absolute atomic E-state index is 11.4. The smallest absolute Gasteiger partial charge is 0.105 e. The predicted molar refractivity (Wildman–Crippen MR) is 39.3 cm³/mol. The van der Waals surface area contributed by atoms with Crippen molar-refractivity contribution in [2.24, 2.45) is 0 Å². The number of ether oxygens (including phenoxy) is 1. The zero-order chi connectivity index (χ0) is 7.78. The number of morpholine rings is 1. The second-order valence-corrected chi connectivity index (χ2v) is 3.42. The van der Waals surface area contributed by atoms with Gasteiger partial charge >= 0.3 is 0 Å². The number of nitrogens with zero attached hydrogens (tertiary/aromatic N) is 1. The van der Waals surface area contributed by atoms with Gasteiger partial charge in [-0.25, -0.2) is 0 Å². The molecule has 1 rings (SSSR count). The summed E-state index contributed by atoms with van der Waals surface area (Å²) in [4.78, 5) is 0. The molecule has 2 atom stereocenters. The fraction of sp³-hybridized carbons (Fsp3) is 1.00. The highest BCUT2D eigenvalue weighted by atomic mass is 16.6. The highest BCUT2D eigenvalue weighted by Gasteiger charge is 2.26. The van der Waals surface area contributed by atoms with E-state index in [9.17, 15) is 5.21 Å². The summed E-state index contributed by atoms with van der Waals surface area (Å²) in [5, 5.41) is 11.4. The van der Waals surface area contributed by atoms with Gasteiger partial charge in [0.25, 0.3) is 0 Å². The van der Waals surface area contributed by atoms with Crippen molar-refractivity contribution in [1.82, 2.24) is 0 Å². The van der Waals surface area contributed by atoms with Gasteiger partial charge in [0.2, 0.25) is 0 Å². The number of quaternary nitrogens is 1. The Morgan fingerprint density at radius 1 is 1.30 bits per heavy atom. The van der Waals surface area contributed by atoms with E-state index >= 15 is 0 Å². The Morgan fingerprint density at radius 3 is 2.00 bits per heavy atom. The number of hydrogen-bond acceptors (Lipinski definition) is 2. The SMILES string of the molecule is CC1C[N+](C)([O-])CC(C)O1. The molecule has 0 amide bonds.